The van der Waals surface area contributed by atoms with Gasteiger partial charge in [-0.1, -0.05) is 0 Å². The first-order chi connectivity index (χ1) is 11.8. The number of amides is 1. The molecule has 8 heteroatoms. The van der Waals surface area contributed by atoms with Crippen LogP contribution in [-0.2, 0) is 9.53 Å². The van der Waals surface area contributed by atoms with Crippen LogP contribution in [0.3, 0.4) is 0 Å². The smallest absolute Gasteiger partial charge is 0.373 e. The molecule has 2 aliphatic heterocycles. The van der Waals surface area contributed by atoms with E-state index < -0.39 is 36.1 Å². The van der Waals surface area contributed by atoms with Crippen molar-refractivity contribution >= 4 is 11.6 Å². The largest absolute Gasteiger partial charge is 0.395 e. The lowest BCUT2D eigenvalue weighted by Gasteiger charge is -2.29. The summed E-state index contributed by atoms with van der Waals surface area (Å²) in [6.45, 7) is 1.54. The Kier molecular flexibility index (Phi) is 4.18. The molecule has 2 heterocycles. The molecule has 0 saturated carbocycles. The van der Waals surface area contributed by atoms with Gasteiger partial charge in [-0.15, -0.1) is 0 Å². The second-order valence-electron chi connectivity index (χ2n) is 6.26. The number of nitrogens with zero attached hydrogens (tertiary/aromatic N) is 2. The van der Waals surface area contributed by atoms with E-state index in [1.165, 1.54) is 19.1 Å². The lowest BCUT2D eigenvalue weighted by Crippen LogP contribution is -2.44. The summed E-state index contributed by atoms with van der Waals surface area (Å²) in [4.78, 5) is 12.5. The standard InChI is InChI=1S/C17H14F3N3O2/c1-8-10(7-22)9(6-21)2-3-11(8)23-16(24)14-12-4-5-13(25-12)15(14)17(18,19)20/h2-3,12-15H,4-5H2,1H3,(H,23,24)/t12-,13-,14-,15+/m1/s1. The summed E-state index contributed by atoms with van der Waals surface area (Å²) in [7, 11) is 0. The Morgan fingerprint density at radius 1 is 1.24 bits per heavy atom. The number of hydrogen-bond acceptors (Lipinski definition) is 4. The number of ether oxygens (including phenoxy) is 1. The maximum Gasteiger partial charge on any atom is 0.395 e. The molecule has 4 atom stereocenters. The molecule has 3 rings (SSSR count). The molecule has 1 amide bonds. The van der Waals surface area contributed by atoms with Crippen LogP contribution in [0.25, 0.3) is 0 Å². The highest BCUT2D eigenvalue weighted by atomic mass is 19.4. The molecule has 1 aromatic carbocycles. The van der Waals surface area contributed by atoms with Gasteiger partial charge in [0.2, 0.25) is 5.91 Å². The fourth-order valence-electron chi connectivity index (χ4n) is 3.73. The molecular formula is C17H14F3N3O2. The normalized spacial score (nSPS) is 27.6. The van der Waals surface area contributed by atoms with Crippen LogP contribution in [0.4, 0.5) is 18.9 Å². The summed E-state index contributed by atoms with van der Waals surface area (Å²) in [5.74, 6) is -3.90. The molecule has 25 heavy (non-hydrogen) atoms. The van der Waals surface area contributed by atoms with Gasteiger partial charge in [-0.05, 0) is 37.5 Å². The van der Waals surface area contributed by atoms with Gasteiger partial charge in [0.1, 0.15) is 12.1 Å². The first-order valence-corrected chi connectivity index (χ1v) is 7.74. The predicted octanol–water partition coefficient (Wildman–Crippen LogP) is 3.03. The number of alkyl halides is 3. The Labute approximate surface area is 142 Å². The Balaban J connectivity index is 1.88. The average Bonchev–Trinajstić information content (AvgIpc) is 3.16. The summed E-state index contributed by atoms with van der Waals surface area (Å²) < 4.78 is 45.3. The number of fused-ring (bicyclic) bond motifs is 2. The van der Waals surface area contributed by atoms with E-state index in [1.54, 1.807) is 0 Å². The number of halogens is 3. The van der Waals surface area contributed by atoms with Crippen LogP contribution in [0, 0.1) is 41.4 Å². The molecule has 130 valence electrons. The molecule has 2 aliphatic rings. The van der Waals surface area contributed by atoms with Gasteiger partial charge in [0, 0.05) is 5.69 Å². The van der Waals surface area contributed by atoms with Crippen LogP contribution in [0.15, 0.2) is 12.1 Å². The van der Waals surface area contributed by atoms with Crippen molar-refractivity contribution in [1.82, 2.24) is 0 Å². The van der Waals surface area contributed by atoms with Gasteiger partial charge in [0.25, 0.3) is 0 Å². The molecule has 0 unspecified atom stereocenters. The monoisotopic (exact) mass is 349 g/mol. The number of anilines is 1. The topological polar surface area (TPSA) is 85.9 Å². The first-order valence-electron chi connectivity index (χ1n) is 7.74. The van der Waals surface area contributed by atoms with Crippen LogP contribution in [0.5, 0.6) is 0 Å². The number of nitrogens with one attached hydrogen (secondary N) is 1. The fraction of sp³-hybridized carbons (Fsp3) is 0.471. The van der Waals surface area contributed by atoms with Crippen molar-refractivity contribution in [3.63, 3.8) is 0 Å². The highest BCUT2D eigenvalue weighted by molar-refractivity contribution is 5.94. The first kappa shape index (κ1) is 17.2. The van der Waals surface area contributed by atoms with Gasteiger partial charge in [0.15, 0.2) is 0 Å². The van der Waals surface area contributed by atoms with Crippen molar-refractivity contribution in [2.75, 3.05) is 5.32 Å². The maximum atomic E-state index is 13.3. The van der Waals surface area contributed by atoms with E-state index >= 15 is 0 Å². The zero-order chi connectivity index (χ0) is 18.4. The van der Waals surface area contributed by atoms with Crippen molar-refractivity contribution in [1.29, 1.82) is 10.5 Å². The summed E-state index contributed by atoms with van der Waals surface area (Å²) in [6, 6.07) is 6.53. The molecule has 0 spiro atoms. The van der Waals surface area contributed by atoms with E-state index in [-0.39, 0.29) is 16.8 Å². The number of carbonyl (C=O) groups excluding carboxylic acids is 1. The second-order valence-corrected chi connectivity index (χ2v) is 6.26. The lowest BCUT2D eigenvalue weighted by molar-refractivity contribution is -0.196. The zero-order valence-corrected chi connectivity index (χ0v) is 13.2. The Bertz CT molecular complexity index is 807. The van der Waals surface area contributed by atoms with Crippen LogP contribution in [0.1, 0.15) is 29.5 Å². The van der Waals surface area contributed by atoms with Crippen LogP contribution >= 0.6 is 0 Å². The zero-order valence-electron chi connectivity index (χ0n) is 13.2. The lowest BCUT2D eigenvalue weighted by atomic mass is 9.78. The van der Waals surface area contributed by atoms with Gasteiger partial charge in [0.05, 0.1) is 35.2 Å². The molecule has 2 saturated heterocycles. The number of carbonyl (C=O) groups is 1. The quantitative estimate of drug-likeness (QED) is 0.889. The van der Waals surface area contributed by atoms with Crippen LogP contribution in [-0.4, -0.2) is 24.3 Å². The number of nitriles is 2. The third-order valence-corrected chi connectivity index (χ3v) is 4.91. The Morgan fingerprint density at radius 3 is 2.52 bits per heavy atom. The van der Waals surface area contributed by atoms with Crippen molar-refractivity contribution in [2.45, 2.75) is 38.1 Å². The van der Waals surface area contributed by atoms with E-state index in [0.717, 1.165) is 0 Å². The van der Waals surface area contributed by atoms with E-state index in [4.69, 9.17) is 15.3 Å². The third kappa shape index (κ3) is 2.83. The fourth-order valence-corrected chi connectivity index (χ4v) is 3.73. The Morgan fingerprint density at radius 2 is 1.92 bits per heavy atom. The molecule has 2 fully saturated rings. The summed E-state index contributed by atoms with van der Waals surface area (Å²) >= 11 is 0. The summed E-state index contributed by atoms with van der Waals surface area (Å²) in [5.41, 5.74) is 0.818. The van der Waals surface area contributed by atoms with Crippen LogP contribution < -0.4 is 5.32 Å². The molecule has 5 nitrogen and oxygen atoms in total. The maximum absolute atomic E-state index is 13.3. The van der Waals surface area contributed by atoms with Gasteiger partial charge < -0.3 is 10.1 Å². The van der Waals surface area contributed by atoms with Gasteiger partial charge in [-0.25, -0.2) is 0 Å². The Hall–Kier alpha value is -2.58. The van der Waals surface area contributed by atoms with Gasteiger partial charge in [-0.3, -0.25) is 4.79 Å². The minimum atomic E-state index is -4.51. The van der Waals surface area contributed by atoms with E-state index in [1.807, 2.05) is 12.1 Å². The molecule has 1 N–H and O–H groups in total. The van der Waals surface area contributed by atoms with Crippen molar-refractivity contribution in [3.8, 4) is 12.1 Å². The highest BCUT2D eigenvalue weighted by Gasteiger charge is 2.62. The molecule has 2 bridgehead atoms. The van der Waals surface area contributed by atoms with Crippen LogP contribution in [0.2, 0.25) is 0 Å². The van der Waals surface area contributed by atoms with E-state index in [9.17, 15) is 18.0 Å². The van der Waals surface area contributed by atoms with Gasteiger partial charge in [-0.2, -0.15) is 23.7 Å². The minimum Gasteiger partial charge on any atom is -0.373 e. The summed E-state index contributed by atoms with van der Waals surface area (Å²) in [5, 5.41) is 20.6. The molecular weight excluding hydrogens is 335 g/mol. The molecule has 0 radical (unpaired) electrons. The average molecular weight is 349 g/mol. The number of benzene rings is 1. The minimum absolute atomic E-state index is 0.0943. The van der Waals surface area contributed by atoms with Crippen molar-refractivity contribution in [2.24, 2.45) is 11.8 Å². The second kappa shape index (κ2) is 6.05. The number of hydrogen-bond donors (Lipinski definition) is 1. The van der Waals surface area contributed by atoms with E-state index in [2.05, 4.69) is 5.32 Å². The predicted molar refractivity (Wildman–Crippen MR) is 80.2 cm³/mol. The molecule has 1 aromatic rings. The summed E-state index contributed by atoms with van der Waals surface area (Å²) in [6.07, 6.45) is -5.51. The highest BCUT2D eigenvalue weighted by Crippen LogP contribution is 2.50. The third-order valence-electron chi connectivity index (χ3n) is 4.91. The van der Waals surface area contributed by atoms with Crippen molar-refractivity contribution in [3.05, 3.63) is 28.8 Å². The molecule has 0 aliphatic carbocycles. The SMILES string of the molecule is Cc1c(NC(=O)[C@H]2[C@@H](C(F)(F)F)[C@H]3CC[C@H]2O3)ccc(C#N)c1C#N. The van der Waals surface area contributed by atoms with Gasteiger partial charge >= 0.3 is 6.18 Å². The molecule has 0 aromatic heterocycles. The number of rotatable bonds is 2. The van der Waals surface area contributed by atoms with Crippen molar-refractivity contribution < 1.29 is 22.7 Å². The van der Waals surface area contributed by atoms with E-state index in [0.29, 0.717) is 18.4 Å².